The van der Waals surface area contributed by atoms with Crippen LogP contribution in [0.2, 0.25) is 0 Å². The van der Waals surface area contributed by atoms with E-state index in [1.54, 1.807) is 0 Å². The number of carbonyl (C=O) groups is 1. The van der Waals surface area contributed by atoms with Crippen LogP contribution in [0.1, 0.15) is 45.6 Å². The molecule has 1 unspecified atom stereocenters. The van der Waals surface area contributed by atoms with Crippen molar-refractivity contribution in [2.24, 2.45) is 0 Å². The normalized spacial score (nSPS) is 18.7. The first kappa shape index (κ1) is 18.1. The number of carbonyl (C=O) groups excluding carboxylic acids is 1. The highest BCUT2D eigenvalue weighted by atomic mass is 79.9. The van der Waals surface area contributed by atoms with Gasteiger partial charge in [-0.05, 0) is 74.5 Å². The van der Waals surface area contributed by atoms with Gasteiger partial charge in [0.2, 0.25) is 0 Å². The first-order valence-electron chi connectivity index (χ1n) is 8.26. The molecule has 5 heteroatoms. The molecule has 1 aromatic rings. The van der Waals surface area contributed by atoms with E-state index in [4.69, 9.17) is 4.74 Å². The number of aryl methyl sites for hydroxylation is 1. The second-order valence-corrected chi connectivity index (χ2v) is 7.93. The fraction of sp³-hybridized carbons (Fsp3) is 0.611. The number of amides is 1. The molecule has 128 valence electrons. The lowest BCUT2D eigenvalue weighted by atomic mass is 10.0. The molecule has 4 nitrogen and oxygen atoms in total. The van der Waals surface area contributed by atoms with E-state index in [1.165, 1.54) is 5.56 Å². The average molecular weight is 383 g/mol. The van der Waals surface area contributed by atoms with Crippen molar-refractivity contribution in [1.29, 1.82) is 0 Å². The van der Waals surface area contributed by atoms with E-state index in [2.05, 4.69) is 40.3 Å². The van der Waals surface area contributed by atoms with Crippen molar-refractivity contribution in [1.82, 2.24) is 4.90 Å². The largest absolute Gasteiger partial charge is 0.444 e. The number of piperidine rings is 1. The highest BCUT2D eigenvalue weighted by Crippen LogP contribution is 2.27. The van der Waals surface area contributed by atoms with Crippen molar-refractivity contribution in [2.45, 2.75) is 58.6 Å². The summed E-state index contributed by atoms with van der Waals surface area (Å²) in [5.41, 5.74) is 1.81. The topological polar surface area (TPSA) is 41.6 Å². The molecule has 2 rings (SSSR count). The summed E-state index contributed by atoms with van der Waals surface area (Å²) < 4.78 is 6.64. The van der Waals surface area contributed by atoms with Crippen LogP contribution in [-0.4, -0.2) is 35.7 Å². The minimum absolute atomic E-state index is 0.172. The molecule has 1 N–H and O–H groups in total. The Balaban J connectivity index is 2.01. The number of likely N-dealkylation sites (tertiary alicyclic amines) is 1. The van der Waals surface area contributed by atoms with Crippen LogP contribution in [0.15, 0.2) is 22.7 Å². The minimum atomic E-state index is -0.452. The summed E-state index contributed by atoms with van der Waals surface area (Å²) in [6, 6.07) is 6.33. The number of hydrogen-bond acceptors (Lipinski definition) is 3. The number of anilines is 1. The van der Waals surface area contributed by atoms with E-state index in [9.17, 15) is 4.79 Å². The molecule has 1 aliphatic rings. The van der Waals surface area contributed by atoms with E-state index < -0.39 is 5.60 Å². The number of benzene rings is 1. The van der Waals surface area contributed by atoms with E-state index in [1.807, 2.05) is 31.7 Å². The number of hydrogen-bond donors (Lipinski definition) is 1. The van der Waals surface area contributed by atoms with Gasteiger partial charge >= 0.3 is 6.09 Å². The fourth-order valence-electron chi connectivity index (χ4n) is 2.79. The molecule has 1 saturated heterocycles. The molecular formula is C18H27BrN2O2. The lowest BCUT2D eigenvalue weighted by Crippen LogP contribution is -2.48. The molecule has 23 heavy (non-hydrogen) atoms. The Kier molecular flexibility index (Phi) is 5.95. The summed E-state index contributed by atoms with van der Waals surface area (Å²) in [4.78, 5) is 14.3. The molecule has 0 bridgehead atoms. The SMILES string of the molecule is Cc1cccc(NCC2CCCCN2C(=O)OC(C)(C)C)c1Br. The van der Waals surface area contributed by atoms with Gasteiger partial charge in [-0.15, -0.1) is 0 Å². The van der Waals surface area contributed by atoms with Gasteiger partial charge in [0.15, 0.2) is 0 Å². The third kappa shape index (κ3) is 5.13. The van der Waals surface area contributed by atoms with Crippen LogP contribution >= 0.6 is 15.9 Å². The number of nitrogens with one attached hydrogen (secondary N) is 1. The van der Waals surface area contributed by atoms with Crippen molar-refractivity contribution in [3.8, 4) is 0 Å². The second-order valence-electron chi connectivity index (χ2n) is 7.14. The molecule has 0 saturated carbocycles. The lowest BCUT2D eigenvalue weighted by molar-refractivity contribution is 0.0114. The second kappa shape index (κ2) is 7.56. The molecule has 1 aliphatic heterocycles. The standard InChI is InChI=1S/C18H27BrN2O2/c1-13-8-7-10-15(16(13)19)20-12-14-9-5-6-11-21(14)17(22)23-18(2,3)4/h7-8,10,14,20H,5-6,9,11-12H2,1-4H3. The maximum Gasteiger partial charge on any atom is 0.410 e. The van der Waals surface area contributed by atoms with Crippen molar-refractivity contribution in [3.05, 3.63) is 28.2 Å². The average Bonchev–Trinajstić information content (AvgIpc) is 2.47. The maximum atomic E-state index is 12.4. The molecular weight excluding hydrogens is 356 g/mol. The van der Waals surface area contributed by atoms with E-state index in [0.717, 1.165) is 42.5 Å². The maximum absolute atomic E-state index is 12.4. The smallest absolute Gasteiger partial charge is 0.410 e. The molecule has 0 aliphatic carbocycles. The molecule has 0 spiro atoms. The fourth-order valence-corrected chi connectivity index (χ4v) is 3.19. The number of halogens is 1. The van der Waals surface area contributed by atoms with Crippen LogP contribution in [-0.2, 0) is 4.74 Å². The molecule has 0 radical (unpaired) electrons. The summed E-state index contributed by atoms with van der Waals surface area (Å²) in [6.07, 6.45) is 3.01. The Morgan fingerprint density at radius 3 is 2.83 bits per heavy atom. The summed E-state index contributed by atoms with van der Waals surface area (Å²) in [7, 11) is 0. The summed E-state index contributed by atoms with van der Waals surface area (Å²) in [5, 5.41) is 3.47. The Morgan fingerprint density at radius 1 is 1.39 bits per heavy atom. The number of rotatable bonds is 3. The zero-order chi connectivity index (χ0) is 17.0. The summed E-state index contributed by atoms with van der Waals surface area (Å²) >= 11 is 3.62. The molecule has 1 heterocycles. The van der Waals surface area contributed by atoms with Crippen molar-refractivity contribution in [2.75, 3.05) is 18.4 Å². The quantitative estimate of drug-likeness (QED) is 0.802. The third-order valence-corrected chi connectivity index (χ3v) is 5.03. The Bertz CT molecular complexity index is 554. The molecule has 0 aromatic heterocycles. The van der Waals surface area contributed by atoms with Gasteiger partial charge in [-0.25, -0.2) is 4.79 Å². The van der Waals surface area contributed by atoms with E-state index in [-0.39, 0.29) is 12.1 Å². The predicted molar refractivity (Wildman–Crippen MR) is 97.9 cm³/mol. The van der Waals surface area contributed by atoms with Crippen LogP contribution in [0.3, 0.4) is 0 Å². The van der Waals surface area contributed by atoms with Crippen molar-refractivity contribution in [3.63, 3.8) is 0 Å². The summed E-state index contributed by atoms with van der Waals surface area (Å²) in [6.45, 7) is 9.31. The number of nitrogens with zero attached hydrogens (tertiary/aromatic N) is 1. The van der Waals surface area contributed by atoms with E-state index >= 15 is 0 Å². The highest BCUT2D eigenvalue weighted by Gasteiger charge is 2.30. The van der Waals surface area contributed by atoms with Crippen LogP contribution < -0.4 is 5.32 Å². The van der Waals surface area contributed by atoms with E-state index in [0.29, 0.717) is 0 Å². The van der Waals surface area contributed by atoms with Gasteiger partial charge in [0.05, 0.1) is 6.04 Å². The predicted octanol–water partition coefficient (Wildman–Crippen LogP) is 4.96. The highest BCUT2D eigenvalue weighted by molar-refractivity contribution is 9.10. The van der Waals surface area contributed by atoms with Crippen LogP contribution in [0.4, 0.5) is 10.5 Å². The van der Waals surface area contributed by atoms with Gasteiger partial charge in [0.1, 0.15) is 5.60 Å². The Hall–Kier alpha value is -1.23. The van der Waals surface area contributed by atoms with Gasteiger partial charge in [0, 0.05) is 23.2 Å². The number of ether oxygens (including phenoxy) is 1. The molecule has 1 amide bonds. The Labute approximate surface area is 147 Å². The minimum Gasteiger partial charge on any atom is -0.444 e. The van der Waals surface area contributed by atoms with Gasteiger partial charge in [-0.3, -0.25) is 0 Å². The molecule has 1 atom stereocenters. The first-order valence-corrected chi connectivity index (χ1v) is 9.06. The third-order valence-electron chi connectivity index (χ3n) is 3.98. The van der Waals surface area contributed by atoms with Crippen molar-refractivity contribution >= 4 is 27.7 Å². The van der Waals surface area contributed by atoms with Gasteiger partial charge in [0.25, 0.3) is 0 Å². The molecule has 1 fully saturated rings. The lowest BCUT2D eigenvalue weighted by Gasteiger charge is -2.37. The van der Waals surface area contributed by atoms with Crippen LogP contribution in [0.5, 0.6) is 0 Å². The zero-order valence-corrected chi connectivity index (χ0v) is 16.1. The Morgan fingerprint density at radius 2 is 2.13 bits per heavy atom. The van der Waals surface area contributed by atoms with Crippen LogP contribution in [0, 0.1) is 6.92 Å². The van der Waals surface area contributed by atoms with Crippen LogP contribution in [0.25, 0.3) is 0 Å². The van der Waals surface area contributed by atoms with Crippen molar-refractivity contribution < 1.29 is 9.53 Å². The van der Waals surface area contributed by atoms with Gasteiger partial charge in [-0.1, -0.05) is 12.1 Å². The summed E-state index contributed by atoms with van der Waals surface area (Å²) in [5.74, 6) is 0. The van der Waals surface area contributed by atoms with Gasteiger partial charge < -0.3 is 15.0 Å². The molecule has 1 aromatic carbocycles. The zero-order valence-electron chi connectivity index (χ0n) is 14.5. The first-order chi connectivity index (χ1) is 10.8. The van der Waals surface area contributed by atoms with Gasteiger partial charge in [-0.2, -0.15) is 0 Å². The monoisotopic (exact) mass is 382 g/mol.